The Morgan fingerprint density at radius 3 is 2.62 bits per heavy atom. The van der Waals surface area contributed by atoms with Crippen LogP contribution in [0.1, 0.15) is 37.7 Å². The third kappa shape index (κ3) is 5.38. The van der Waals surface area contributed by atoms with Gasteiger partial charge in [0.15, 0.2) is 0 Å². The van der Waals surface area contributed by atoms with Gasteiger partial charge in [-0.25, -0.2) is 18.2 Å². The van der Waals surface area contributed by atoms with E-state index in [0.717, 1.165) is 38.4 Å². The smallest absolute Gasteiger partial charge is 0.255 e. The Hall–Kier alpha value is -1.80. The molecule has 0 radical (unpaired) electrons. The van der Waals surface area contributed by atoms with Crippen molar-refractivity contribution in [2.45, 2.75) is 38.1 Å². The van der Waals surface area contributed by atoms with Crippen molar-refractivity contribution >= 4 is 22.1 Å². The van der Waals surface area contributed by atoms with Crippen LogP contribution in [0.5, 0.6) is 0 Å². The molecule has 132 valence electrons. The van der Waals surface area contributed by atoms with Gasteiger partial charge in [0.05, 0.1) is 19.0 Å². The van der Waals surface area contributed by atoms with Gasteiger partial charge >= 0.3 is 0 Å². The molecule has 0 spiro atoms. The number of hydrogen-bond donors (Lipinski definition) is 1. The molecule has 6 nitrogen and oxygen atoms in total. The molecule has 8 heteroatoms. The first-order valence-corrected chi connectivity index (χ1v) is 9.76. The summed E-state index contributed by atoms with van der Waals surface area (Å²) in [6.07, 6.45) is 6.84. The average Bonchev–Trinajstić information content (AvgIpc) is 2.54. The maximum atomic E-state index is 13.4. The number of rotatable bonds is 6. The standard InChI is InChI=1S/C16H22FN3O3S/c1-24(22,23)20(14-8-3-2-4-9-14)12-16(21)19-18-11-13-7-5-6-10-15(13)17/h5-7,10-11,14H,2-4,8-9,12H2,1H3,(H,19,21)/b18-11+. The van der Waals surface area contributed by atoms with Crippen LogP contribution in [0.3, 0.4) is 0 Å². The lowest BCUT2D eigenvalue weighted by Crippen LogP contribution is -2.45. The van der Waals surface area contributed by atoms with Gasteiger partial charge in [-0.05, 0) is 18.9 Å². The minimum atomic E-state index is -3.48. The molecule has 0 aromatic heterocycles. The van der Waals surface area contributed by atoms with E-state index in [9.17, 15) is 17.6 Å². The zero-order chi connectivity index (χ0) is 17.6. The predicted octanol–water partition coefficient (Wildman–Crippen LogP) is 1.87. The zero-order valence-corrected chi connectivity index (χ0v) is 14.4. The van der Waals surface area contributed by atoms with Crippen LogP contribution >= 0.6 is 0 Å². The fourth-order valence-corrected chi connectivity index (χ4v) is 3.92. The first kappa shape index (κ1) is 18.5. The quantitative estimate of drug-likeness (QED) is 0.625. The highest BCUT2D eigenvalue weighted by Gasteiger charge is 2.29. The van der Waals surface area contributed by atoms with Crippen molar-refractivity contribution in [1.29, 1.82) is 0 Å². The van der Waals surface area contributed by atoms with Gasteiger partial charge in [0, 0.05) is 11.6 Å². The highest BCUT2D eigenvalue weighted by Crippen LogP contribution is 2.24. The van der Waals surface area contributed by atoms with Crippen molar-refractivity contribution in [2.75, 3.05) is 12.8 Å². The van der Waals surface area contributed by atoms with Crippen molar-refractivity contribution in [3.05, 3.63) is 35.6 Å². The van der Waals surface area contributed by atoms with E-state index in [1.165, 1.54) is 22.7 Å². The Morgan fingerprint density at radius 2 is 2.00 bits per heavy atom. The topological polar surface area (TPSA) is 78.8 Å². The van der Waals surface area contributed by atoms with Gasteiger partial charge in [-0.15, -0.1) is 0 Å². The van der Waals surface area contributed by atoms with Gasteiger partial charge < -0.3 is 0 Å². The number of halogens is 1. The van der Waals surface area contributed by atoms with Gasteiger partial charge in [-0.3, -0.25) is 4.79 Å². The Morgan fingerprint density at radius 1 is 1.33 bits per heavy atom. The van der Waals surface area contributed by atoms with Crippen LogP contribution in [0.4, 0.5) is 4.39 Å². The highest BCUT2D eigenvalue weighted by molar-refractivity contribution is 7.88. The zero-order valence-electron chi connectivity index (χ0n) is 13.6. The summed E-state index contributed by atoms with van der Waals surface area (Å²) in [4.78, 5) is 12.0. The maximum Gasteiger partial charge on any atom is 0.255 e. The summed E-state index contributed by atoms with van der Waals surface area (Å²) in [6, 6.07) is 5.88. The highest BCUT2D eigenvalue weighted by atomic mass is 32.2. The summed E-state index contributed by atoms with van der Waals surface area (Å²) >= 11 is 0. The molecule has 24 heavy (non-hydrogen) atoms. The molecule has 1 aromatic carbocycles. The summed E-state index contributed by atoms with van der Waals surface area (Å²) in [6.45, 7) is -0.280. The molecule has 0 saturated heterocycles. The van der Waals surface area contributed by atoms with E-state index in [2.05, 4.69) is 10.5 Å². The van der Waals surface area contributed by atoms with Crippen LogP contribution in [0, 0.1) is 5.82 Å². The second-order valence-corrected chi connectivity index (χ2v) is 7.85. The summed E-state index contributed by atoms with van der Waals surface area (Å²) in [5.74, 6) is -0.992. The number of benzene rings is 1. The van der Waals surface area contributed by atoms with Crippen LogP contribution in [0.2, 0.25) is 0 Å². The molecule has 0 unspecified atom stereocenters. The molecule has 1 aliphatic rings. The molecule has 1 aliphatic carbocycles. The molecule has 0 heterocycles. The van der Waals surface area contributed by atoms with E-state index in [0.29, 0.717) is 0 Å². The Bertz CT molecular complexity index is 700. The van der Waals surface area contributed by atoms with E-state index in [1.54, 1.807) is 12.1 Å². The molecule has 1 amide bonds. The van der Waals surface area contributed by atoms with Crippen molar-refractivity contribution < 1.29 is 17.6 Å². The van der Waals surface area contributed by atoms with Crippen molar-refractivity contribution in [3.8, 4) is 0 Å². The van der Waals surface area contributed by atoms with Crippen LogP contribution in [-0.4, -0.2) is 43.7 Å². The molecule has 1 N–H and O–H groups in total. The minimum Gasteiger partial charge on any atom is -0.272 e. The molecule has 1 aromatic rings. The van der Waals surface area contributed by atoms with Crippen LogP contribution in [0.25, 0.3) is 0 Å². The third-order valence-corrected chi connectivity index (χ3v) is 5.28. The van der Waals surface area contributed by atoms with Gasteiger partial charge in [0.1, 0.15) is 5.82 Å². The van der Waals surface area contributed by atoms with Gasteiger partial charge in [-0.1, -0.05) is 37.5 Å². The van der Waals surface area contributed by atoms with E-state index in [-0.39, 0.29) is 18.2 Å². The molecule has 0 atom stereocenters. The van der Waals surface area contributed by atoms with Crippen molar-refractivity contribution in [2.24, 2.45) is 5.10 Å². The van der Waals surface area contributed by atoms with Gasteiger partial charge in [0.2, 0.25) is 10.0 Å². The number of amides is 1. The number of hydrazone groups is 1. The molecule has 2 rings (SSSR count). The lowest BCUT2D eigenvalue weighted by molar-refractivity contribution is -0.121. The molecule has 1 saturated carbocycles. The maximum absolute atomic E-state index is 13.4. The van der Waals surface area contributed by atoms with E-state index < -0.39 is 21.7 Å². The molecular weight excluding hydrogens is 333 g/mol. The third-order valence-electron chi connectivity index (χ3n) is 4.01. The summed E-state index contributed by atoms with van der Waals surface area (Å²) in [5.41, 5.74) is 2.50. The fraction of sp³-hybridized carbons (Fsp3) is 0.500. The second kappa shape index (κ2) is 8.34. The fourth-order valence-electron chi connectivity index (χ4n) is 2.82. The summed E-state index contributed by atoms with van der Waals surface area (Å²) in [5, 5.41) is 3.70. The number of hydrogen-bond acceptors (Lipinski definition) is 4. The lowest BCUT2D eigenvalue weighted by atomic mass is 9.95. The number of nitrogens with one attached hydrogen (secondary N) is 1. The van der Waals surface area contributed by atoms with E-state index in [4.69, 9.17) is 0 Å². The van der Waals surface area contributed by atoms with E-state index in [1.807, 2.05) is 0 Å². The minimum absolute atomic E-state index is 0.143. The van der Waals surface area contributed by atoms with Crippen LogP contribution in [-0.2, 0) is 14.8 Å². The molecular formula is C16H22FN3O3S. The summed E-state index contributed by atoms with van der Waals surface area (Å²) in [7, 11) is -3.48. The Labute approximate surface area is 141 Å². The number of sulfonamides is 1. The number of carbonyl (C=O) groups excluding carboxylic acids is 1. The summed E-state index contributed by atoms with van der Waals surface area (Å²) < 4.78 is 38.6. The molecule has 0 bridgehead atoms. The normalized spacial score (nSPS) is 16.6. The second-order valence-electron chi connectivity index (χ2n) is 5.91. The first-order valence-electron chi connectivity index (χ1n) is 7.91. The number of nitrogens with zero attached hydrogens (tertiary/aromatic N) is 2. The molecule has 0 aliphatic heterocycles. The average molecular weight is 355 g/mol. The Kier molecular flexibility index (Phi) is 6.44. The Balaban J connectivity index is 1.96. The number of carbonyl (C=O) groups is 1. The molecule has 1 fully saturated rings. The van der Waals surface area contributed by atoms with Crippen molar-refractivity contribution in [1.82, 2.24) is 9.73 Å². The van der Waals surface area contributed by atoms with Crippen LogP contribution < -0.4 is 5.43 Å². The monoisotopic (exact) mass is 355 g/mol. The first-order chi connectivity index (χ1) is 11.4. The lowest BCUT2D eigenvalue weighted by Gasteiger charge is -2.31. The van der Waals surface area contributed by atoms with Crippen molar-refractivity contribution in [3.63, 3.8) is 0 Å². The van der Waals surface area contributed by atoms with Gasteiger partial charge in [0.25, 0.3) is 5.91 Å². The largest absolute Gasteiger partial charge is 0.272 e. The van der Waals surface area contributed by atoms with Crippen LogP contribution in [0.15, 0.2) is 29.4 Å². The van der Waals surface area contributed by atoms with Gasteiger partial charge in [-0.2, -0.15) is 9.41 Å². The predicted molar refractivity (Wildman–Crippen MR) is 90.6 cm³/mol. The SMILES string of the molecule is CS(=O)(=O)N(CC(=O)N/N=C/c1ccccc1F)C1CCCCC1. The van der Waals surface area contributed by atoms with E-state index >= 15 is 0 Å².